The second-order valence-electron chi connectivity index (χ2n) is 4.55. The molecule has 2 aromatic carbocycles. The van der Waals surface area contributed by atoms with Crippen molar-refractivity contribution < 1.29 is 4.79 Å². The van der Waals surface area contributed by atoms with Gasteiger partial charge < -0.3 is 16.0 Å². The highest BCUT2D eigenvalue weighted by molar-refractivity contribution is 6.11. The van der Waals surface area contributed by atoms with E-state index >= 15 is 0 Å². The summed E-state index contributed by atoms with van der Waals surface area (Å²) in [5.74, 6) is -0.0695. The summed E-state index contributed by atoms with van der Waals surface area (Å²) in [6, 6.07) is 15.5. The van der Waals surface area contributed by atoms with E-state index in [1.807, 2.05) is 48.5 Å². The second kappa shape index (κ2) is 3.04. The molecular formula is C14H11N3O. The van der Waals surface area contributed by atoms with E-state index in [2.05, 4.69) is 16.0 Å². The molecule has 3 N–H and O–H groups in total. The van der Waals surface area contributed by atoms with Crippen LogP contribution >= 0.6 is 0 Å². The van der Waals surface area contributed by atoms with Gasteiger partial charge in [0.1, 0.15) is 0 Å². The van der Waals surface area contributed by atoms with E-state index < -0.39 is 5.66 Å². The van der Waals surface area contributed by atoms with E-state index in [1.54, 1.807) is 0 Å². The van der Waals surface area contributed by atoms with Crippen molar-refractivity contribution in [2.45, 2.75) is 5.66 Å². The average Bonchev–Trinajstić information content (AvgIpc) is 2.90. The third-order valence-corrected chi connectivity index (χ3v) is 3.49. The first-order valence-corrected chi connectivity index (χ1v) is 5.86. The molecule has 2 aliphatic rings. The Bertz CT molecular complexity index is 641. The Morgan fingerprint density at radius 1 is 0.778 bits per heavy atom. The topological polar surface area (TPSA) is 53.2 Å². The SMILES string of the molecule is O=C1Nc2ccccc2C12Nc1ccccc1N2. The highest BCUT2D eigenvalue weighted by Crippen LogP contribution is 2.45. The lowest BCUT2D eigenvalue weighted by molar-refractivity contribution is -0.119. The summed E-state index contributed by atoms with van der Waals surface area (Å²) >= 11 is 0. The number of nitrogens with one attached hydrogen (secondary N) is 3. The Morgan fingerprint density at radius 2 is 1.33 bits per heavy atom. The van der Waals surface area contributed by atoms with Crippen LogP contribution in [-0.2, 0) is 10.5 Å². The number of benzene rings is 2. The maximum Gasteiger partial charge on any atom is 0.275 e. The predicted octanol–water partition coefficient (Wildman–Crippen LogP) is 2.33. The van der Waals surface area contributed by atoms with Gasteiger partial charge in [0.2, 0.25) is 5.66 Å². The van der Waals surface area contributed by atoms with Gasteiger partial charge >= 0.3 is 0 Å². The zero-order valence-electron chi connectivity index (χ0n) is 9.53. The maximum atomic E-state index is 12.3. The summed E-state index contributed by atoms with van der Waals surface area (Å²) in [6.07, 6.45) is 0. The van der Waals surface area contributed by atoms with Gasteiger partial charge in [-0.25, -0.2) is 0 Å². The van der Waals surface area contributed by atoms with Crippen LogP contribution in [0.4, 0.5) is 17.1 Å². The van der Waals surface area contributed by atoms with Crippen LogP contribution in [0, 0.1) is 0 Å². The molecule has 0 saturated carbocycles. The Balaban J connectivity index is 1.90. The van der Waals surface area contributed by atoms with Crippen molar-refractivity contribution in [3.05, 3.63) is 54.1 Å². The summed E-state index contributed by atoms with van der Waals surface area (Å²) in [7, 11) is 0. The standard InChI is InChI=1S/C14H11N3O/c18-13-14(9-5-1-2-6-10(9)15-13)16-11-7-3-4-8-12(11)17-14/h1-8,16-17H,(H,15,18). The van der Waals surface area contributed by atoms with Gasteiger partial charge in [-0.05, 0) is 18.2 Å². The number of fused-ring (bicyclic) bond motifs is 3. The number of para-hydroxylation sites is 3. The zero-order valence-corrected chi connectivity index (χ0v) is 9.53. The first kappa shape index (κ1) is 9.53. The number of hydrogen-bond donors (Lipinski definition) is 3. The minimum Gasteiger partial charge on any atom is -0.350 e. The van der Waals surface area contributed by atoms with Gasteiger partial charge in [0.25, 0.3) is 5.91 Å². The monoisotopic (exact) mass is 237 g/mol. The number of carbonyl (C=O) groups is 1. The molecule has 0 saturated heterocycles. The molecule has 18 heavy (non-hydrogen) atoms. The van der Waals surface area contributed by atoms with Crippen LogP contribution in [0.3, 0.4) is 0 Å². The second-order valence-corrected chi connectivity index (χ2v) is 4.55. The van der Waals surface area contributed by atoms with Crippen molar-refractivity contribution >= 4 is 23.0 Å². The van der Waals surface area contributed by atoms with Crippen LogP contribution in [0.2, 0.25) is 0 Å². The molecule has 2 aromatic rings. The summed E-state index contributed by atoms with van der Waals surface area (Å²) in [5.41, 5.74) is 2.83. The Hall–Kier alpha value is -2.49. The van der Waals surface area contributed by atoms with Gasteiger partial charge in [0.15, 0.2) is 0 Å². The molecule has 0 aliphatic carbocycles. The quantitative estimate of drug-likeness (QED) is 0.659. The van der Waals surface area contributed by atoms with Crippen LogP contribution in [0.5, 0.6) is 0 Å². The van der Waals surface area contributed by atoms with Gasteiger partial charge in [-0.2, -0.15) is 0 Å². The maximum absolute atomic E-state index is 12.3. The molecule has 2 heterocycles. The van der Waals surface area contributed by atoms with Crippen molar-refractivity contribution in [2.75, 3.05) is 16.0 Å². The third kappa shape index (κ3) is 1.02. The normalized spacial score (nSPS) is 17.7. The van der Waals surface area contributed by atoms with Gasteiger partial charge in [-0.1, -0.05) is 30.3 Å². The molecule has 0 atom stereocenters. The highest BCUT2D eigenvalue weighted by atomic mass is 16.2. The number of rotatable bonds is 0. The van der Waals surface area contributed by atoms with Crippen LogP contribution in [-0.4, -0.2) is 5.91 Å². The van der Waals surface area contributed by atoms with E-state index in [4.69, 9.17) is 0 Å². The predicted molar refractivity (Wildman–Crippen MR) is 70.4 cm³/mol. The summed E-state index contributed by atoms with van der Waals surface area (Å²) in [4.78, 5) is 12.3. The van der Waals surface area contributed by atoms with Crippen molar-refractivity contribution in [2.24, 2.45) is 0 Å². The van der Waals surface area contributed by atoms with Crippen LogP contribution in [0.15, 0.2) is 48.5 Å². The van der Waals surface area contributed by atoms with Crippen LogP contribution in [0.25, 0.3) is 0 Å². The summed E-state index contributed by atoms with van der Waals surface area (Å²) < 4.78 is 0. The number of hydrogen-bond acceptors (Lipinski definition) is 3. The van der Waals surface area contributed by atoms with Crippen LogP contribution in [0.1, 0.15) is 5.56 Å². The summed E-state index contributed by atoms with van der Waals surface area (Å²) in [5, 5.41) is 9.49. The van der Waals surface area contributed by atoms with E-state index in [0.717, 1.165) is 22.6 Å². The fraction of sp³-hybridized carbons (Fsp3) is 0.0714. The summed E-state index contributed by atoms with van der Waals surface area (Å²) in [6.45, 7) is 0. The molecule has 4 heteroatoms. The van der Waals surface area contributed by atoms with Crippen molar-refractivity contribution in [3.63, 3.8) is 0 Å². The highest BCUT2D eigenvalue weighted by Gasteiger charge is 2.50. The van der Waals surface area contributed by atoms with E-state index in [9.17, 15) is 4.79 Å². The molecule has 4 nitrogen and oxygen atoms in total. The number of amides is 1. The van der Waals surface area contributed by atoms with Gasteiger partial charge in [-0.3, -0.25) is 4.79 Å². The minimum absolute atomic E-state index is 0.0695. The Kier molecular flexibility index (Phi) is 1.61. The average molecular weight is 237 g/mol. The van der Waals surface area contributed by atoms with E-state index in [-0.39, 0.29) is 5.91 Å². The molecule has 1 spiro atoms. The molecule has 0 fully saturated rings. The molecule has 0 bridgehead atoms. The molecule has 0 radical (unpaired) electrons. The first-order chi connectivity index (χ1) is 8.79. The largest absolute Gasteiger partial charge is 0.350 e. The molecular weight excluding hydrogens is 226 g/mol. The number of anilines is 3. The smallest absolute Gasteiger partial charge is 0.275 e. The van der Waals surface area contributed by atoms with Gasteiger partial charge in [0.05, 0.1) is 11.4 Å². The lowest BCUT2D eigenvalue weighted by Gasteiger charge is -2.23. The van der Waals surface area contributed by atoms with Gasteiger partial charge in [-0.15, -0.1) is 0 Å². The molecule has 88 valence electrons. The first-order valence-electron chi connectivity index (χ1n) is 5.86. The number of carbonyl (C=O) groups excluding carboxylic acids is 1. The lowest BCUT2D eigenvalue weighted by atomic mass is 10.0. The zero-order chi connectivity index (χ0) is 12.2. The van der Waals surface area contributed by atoms with Crippen molar-refractivity contribution in [1.29, 1.82) is 0 Å². The molecule has 4 rings (SSSR count). The van der Waals surface area contributed by atoms with Gasteiger partial charge in [0, 0.05) is 11.3 Å². The Morgan fingerprint density at radius 3 is 2.00 bits per heavy atom. The molecule has 0 unspecified atom stereocenters. The van der Waals surface area contributed by atoms with Crippen molar-refractivity contribution in [1.82, 2.24) is 0 Å². The third-order valence-electron chi connectivity index (χ3n) is 3.49. The minimum atomic E-state index is -0.861. The lowest BCUT2D eigenvalue weighted by Crippen LogP contribution is -2.45. The fourth-order valence-electron chi connectivity index (χ4n) is 2.64. The van der Waals surface area contributed by atoms with E-state index in [1.165, 1.54) is 0 Å². The van der Waals surface area contributed by atoms with Crippen LogP contribution < -0.4 is 16.0 Å². The van der Waals surface area contributed by atoms with E-state index in [0.29, 0.717) is 0 Å². The molecule has 2 aliphatic heterocycles. The molecule has 1 amide bonds. The fourth-order valence-corrected chi connectivity index (χ4v) is 2.64. The van der Waals surface area contributed by atoms with Crippen molar-refractivity contribution in [3.8, 4) is 0 Å². The molecule has 0 aromatic heterocycles. The Labute approximate surface area is 104 Å².